The van der Waals surface area contributed by atoms with Gasteiger partial charge in [-0.3, -0.25) is 4.79 Å². The first-order valence-corrected chi connectivity index (χ1v) is 12.3. The Bertz CT molecular complexity index is 1210. The second-order valence-electron chi connectivity index (χ2n) is 8.97. The number of benzene rings is 1. The standard InChI is InChI=1S/C16H19F3N4O2.C5H7N3O2.C3H6/c1-10(25-9-16(17,18)19)6-14-21-12-3-2-11(7-13(12)22-14)8-23-5-4-20-15(23)24;1-3-4(5(9)6-2)8-10-7-3;1-2-3-1/h2-3,7,10H,4-6,8-9H2,1H3,(H,20,24)(H,21,22);1-2H3,(H,6,9);1-3H2/t10-;;/m1../s1. The number of rotatable bonds is 7. The summed E-state index contributed by atoms with van der Waals surface area (Å²) in [4.78, 5) is 31.6. The monoisotopic (exact) mass is 539 g/mol. The molecule has 2 aromatic heterocycles. The van der Waals surface area contributed by atoms with Crippen LogP contribution in [0.5, 0.6) is 0 Å². The molecule has 3 amide bonds. The van der Waals surface area contributed by atoms with Gasteiger partial charge in [-0.05, 0) is 36.7 Å². The van der Waals surface area contributed by atoms with Crippen molar-refractivity contribution < 1.29 is 32.1 Å². The zero-order valence-corrected chi connectivity index (χ0v) is 21.5. The molecule has 38 heavy (non-hydrogen) atoms. The lowest BCUT2D eigenvalue weighted by atomic mass is 10.2. The van der Waals surface area contributed by atoms with Crippen LogP contribution in [-0.2, 0) is 17.7 Å². The number of ether oxygens (including phenoxy) is 1. The van der Waals surface area contributed by atoms with E-state index in [0.29, 0.717) is 31.2 Å². The van der Waals surface area contributed by atoms with Crippen LogP contribution in [0.4, 0.5) is 18.0 Å². The number of amides is 3. The molecule has 11 nitrogen and oxygen atoms in total. The van der Waals surface area contributed by atoms with E-state index in [4.69, 9.17) is 4.74 Å². The molecule has 208 valence electrons. The number of urea groups is 1. The van der Waals surface area contributed by atoms with Gasteiger partial charge in [0.15, 0.2) is 5.69 Å². The molecule has 2 fully saturated rings. The molecule has 1 aromatic carbocycles. The molecule has 1 saturated carbocycles. The number of hydrogen-bond donors (Lipinski definition) is 3. The van der Waals surface area contributed by atoms with Crippen molar-refractivity contribution in [1.29, 1.82) is 0 Å². The Labute approximate surface area is 217 Å². The van der Waals surface area contributed by atoms with E-state index < -0.39 is 18.9 Å². The maximum Gasteiger partial charge on any atom is 0.411 e. The van der Waals surface area contributed by atoms with Crippen molar-refractivity contribution in [2.75, 3.05) is 26.7 Å². The fourth-order valence-electron chi connectivity index (χ4n) is 3.31. The summed E-state index contributed by atoms with van der Waals surface area (Å²) in [6, 6.07) is 5.54. The smallest absolute Gasteiger partial charge is 0.369 e. The number of carbonyl (C=O) groups excluding carboxylic acids is 2. The Kier molecular flexibility index (Phi) is 10.0. The molecule has 0 bridgehead atoms. The number of nitrogens with one attached hydrogen (secondary N) is 3. The second kappa shape index (κ2) is 13.2. The quantitative estimate of drug-likeness (QED) is 0.418. The highest BCUT2D eigenvalue weighted by atomic mass is 19.4. The van der Waals surface area contributed by atoms with E-state index in [-0.39, 0.29) is 24.1 Å². The molecule has 3 aromatic rings. The number of halogens is 3. The van der Waals surface area contributed by atoms with Crippen molar-refractivity contribution in [3.63, 3.8) is 0 Å². The molecule has 0 spiro atoms. The van der Waals surface area contributed by atoms with Gasteiger partial charge in [-0.1, -0.05) is 30.5 Å². The summed E-state index contributed by atoms with van der Waals surface area (Å²) in [6.07, 6.45) is -0.178. The van der Waals surface area contributed by atoms with Gasteiger partial charge in [-0.2, -0.15) is 13.2 Å². The fraction of sp³-hybridized carbons (Fsp3) is 0.542. The van der Waals surface area contributed by atoms with Gasteiger partial charge in [-0.15, -0.1) is 0 Å². The van der Waals surface area contributed by atoms with Gasteiger partial charge >= 0.3 is 12.2 Å². The van der Waals surface area contributed by atoms with E-state index in [1.54, 1.807) is 18.7 Å². The molecule has 1 aliphatic carbocycles. The van der Waals surface area contributed by atoms with E-state index in [0.717, 1.165) is 16.6 Å². The van der Waals surface area contributed by atoms with Crippen LogP contribution < -0.4 is 10.6 Å². The molecule has 2 aliphatic rings. The number of carbonyl (C=O) groups is 2. The molecule has 3 N–H and O–H groups in total. The van der Waals surface area contributed by atoms with E-state index in [9.17, 15) is 22.8 Å². The number of aromatic nitrogens is 4. The average Bonchev–Trinajstić information content (AvgIpc) is 3.48. The molecular weight excluding hydrogens is 507 g/mol. The van der Waals surface area contributed by atoms with Crippen LogP contribution in [0.15, 0.2) is 22.8 Å². The Balaban J connectivity index is 0.000000252. The number of alkyl halides is 3. The normalized spacial score (nSPS) is 15.2. The van der Waals surface area contributed by atoms with Crippen molar-refractivity contribution in [3.8, 4) is 0 Å². The predicted octanol–water partition coefficient (Wildman–Crippen LogP) is 3.51. The Morgan fingerprint density at radius 3 is 2.55 bits per heavy atom. The predicted molar refractivity (Wildman–Crippen MR) is 131 cm³/mol. The number of fused-ring (bicyclic) bond motifs is 1. The van der Waals surface area contributed by atoms with Crippen molar-refractivity contribution in [3.05, 3.63) is 41.0 Å². The largest absolute Gasteiger partial charge is 0.411 e. The molecule has 1 aliphatic heterocycles. The van der Waals surface area contributed by atoms with Crippen LogP contribution in [0, 0.1) is 6.92 Å². The molecule has 0 unspecified atom stereocenters. The van der Waals surface area contributed by atoms with Gasteiger partial charge in [0.05, 0.1) is 17.1 Å². The van der Waals surface area contributed by atoms with Crippen molar-refractivity contribution >= 4 is 23.0 Å². The maximum atomic E-state index is 12.2. The minimum atomic E-state index is -4.33. The summed E-state index contributed by atoms with van der Waals surface area (Å²) in [5.41, 5.74) is 3.21. The lowest BCUT2D eigenvalue weighted by Crippen LogP contribution is -2.27. The number of hydrogen-bond acceptors (Lipinski definition) is 7. The van der Waals surface area contributed by atoms with Crippen molar-refractivity contribution in [2.45, 2.75) is 58.4 Å². The molecule has 0 radical (unpaired) electrons. The van der Waals surface area contributed by atoms with Gasteiger partial charge in [-0.25, -0.2) is 14.4 Å². The number of aromatic amines is 1. The number of aryl methyl sites for hydroxylation is 1. The second-order valence-corrected chi connectivity index (χ2v) is 8.97. The molecule has 3 heterocycles. The fourth-order valence-corrected chi connectivity index (χ4v) is 3.31. The first-order chi connectivity index (χ1) is 18.1. The number of imidazole rings is 1. The Morgan fingerprint density at radius 1 is 1.26 bits per heavy atom. The third kappa shape index (κ3) is 9.32. The molecule has 1 atom stereocenters. The first-order valence-electron chi connectivity index (χ1n) is 12.3. The SMILES string of the molecule is C1CC1.CNC(=O)c1nonc1C.C[C@H](Cc1nc2ccc(CN3CCNC3=O)cc2[nH]1)OCC(F)(F)F. The summed E-state index contributed by atoms with van der Waals surface area (Å²) in [6.45, 7) is 3.78. The molecule has 5 rings (SSSR count). The van der Waals surface area contributed by atoms with E-state index in [1.807, 2.05) is 18.2 Å². The maximum absolute atomic E-state index is 12.2. The molecule has 14 heteroatoms. The third-order valence-corrected chi connectivity index (χ3v) is 5.37. The highest BCUT2D eigenvalue weighted by Crippen LogP contribution is 2.19. The van der Waals surface area contributed by atoms with E-state index >= 15 is 0 Å². The minimum absolute atomic E-state index is 0.0824. The first kappa shape index (κ1) is 28.9. The van der Waals surface area contributed by atoms with Crippen LogP contribution in [0.25, 0.3) is 11.0 Å². The van der Waals surface area contributed by atoms with Crippen LogP contribution in [0.3, 0.4) is 0 Å². The van der Waals surface area contributed by atoms with E-state index in [2.05, 4.69) is 35.5 Å². The summed E-state index contributed by atoms with van der Waals surface area (Å²) in [5, 5.41) is 12.0. The van der Waals surface area contributed by atoms with Gasteiger partial charge in [0.25, 0.3) is 5.91 Å². The summed E-state index contributed by atoms with van der Waals surface area (Å²) in [5.74, 6) is 0.291. The van der Waals surface area contributed by atoms with Crippen LogP contribution in [0.2, 0.25) is 0 Å². The van der Waals surface area contributed by atoms with Crippen LogP contribution in [-0.4, -0.2) is 76.1 Å². The van der Waals surface area contributed by atoms with Crippen molar-refractivity contribution in [1.82, 2.24) is 35.8 Å². The highest BCUT2D eigenvalue weighted by Gasteiger charge is 2.28. The minimum Gasteiger partial charge on any atom is -0.369 e. The zero-order chi connectivity index (χ0) is 27.7. The average molecular weight is 540 g/mol. The number of H-pyrrole nitrogens is 1. The van der Waals surface area contributed by atoms with Gasteiger partial charge in [0.1, 0.15) is 18.1 Å². The molecule has 1 saturated heterocycles. The topological polar surface area (TPSA) is 138 Å². The van der Waals surface area contributed by atoms with Gasteiger partial charge in [0, 0.05) is 33.1 Å². The van der Waals surface area contributed by atoms with Crippen LogP contribution in [0.1, 0.15) is 53.8 Å². The summed E-state index contributed by atoms with van der Waals surface area (Å²) in [7, 11) is 1.52. The number of nitrogens with zero attached hydrogens (tertiary/aromatic N) is 4. The third-order valence-electron chi connectivity index (χ3n) is 5.37. The molecular formula is C24H32F3N7O4. The Hall–Kier alpha value is -3.68. The zero-order valence-electron chi connectivity index (χ0n) is 21.5. The van der Waals surface area contributed by atoms with Gasteiger partial charge in [0.2, 0.25) is 0 Å². The summed E-state index contributed by atoms with van der Waals surface area (Å²) >= 11 is 0. The highest BCUT2D eigenvalue weighted by molar-refractivity contribution is 5.92. The van der Waals surface area contributed by atoms with Gasteiger partial charge < -0.3 is 25.3 Å². The van der Waals surface area contributed by atoms with Crippen LogP contribution >= 0.6 is 0 Å². The summed E-state index contributed by atoms with van der Waals surface area (Å²) < 4.78 is 45.6. The van der Waals surface area contributed by atoms with E-state index in [1.165, 1.54) is 26.3 Å². The van der Waals surface area contributed by atoms with Crippen molar-refractivity contribution in [2.24, 2.45) is 0 Å². The lowest BCUT2D eigenvalue weighted by Gasteiger charge is -2.13. The lowest BCUT2D eigenvalue weighted by molar-refractivity contribution is -0.183. The Morgan fingerprint density at radius 2 is 2.00 bits per heavy atom.